The minimum absolute atomic E-state index is 0.132. The van der Waals surface area contributed by atoms with Gasteiger partial charge in [0.25, 0.3) is 0 Å². The van der Waals surface area contributed by atoms with Gasteiger partial charge in [0.2, 0.25) is 0 Å². The van der Waals surface area contributed by atoms with Crippen LogP contribution in [-0.4, -0.2) is 55.2 Å². The van der Waals surface area contributed by atoms with E-state index in [0.29, 0.717) is 13.2 Å². The number of anilines is 1. The zero-order valence-electron chi connectivity index (χ0n) is 27.7. The van der Waals surface area contributed by atoms with Crippen molar-refractivity contribution in [3.8, 4) is 34.1 Å². The van der Waals surface area contributed by atoms with Gasteiger partial charge in [-0.1, -0.05) is 26.8 Å². The Morgan fingerprint density at radius 2 is 1.80 bits per heavy atom. The van der Waals surface area contributed by atoms with E-state index in [9.17, 15) is 0 Å². The number of rotatable bonds is 12. The number of aromatic nitrogens is 4. The highest BCUT2D eigenvalue weighted by Crippen LogP contribution is 2.39. The summed E-state index contributed by atoms with van der Waals surface area (Å²) < 4.78 is 26.5. The van der Waals surface area contributed by atoms with Gasteiger partial charge in [0, 0.05) is 47.6 Å². The molecule has 1 unspecified atom stereocenters. The van der Waals surface area contributed by atoms with Crippen LogP contribution in [0.2, 0.25) is 18.1 Å². The molecule has 0 spiro atoms. The second-order valence-corrected chi connectivity index (χ2v) is 18.4. The van der Waals surface area contributed by atoms with Crippen molar-refractivity contribution in [3.63, 3.8) is 0 Å². The fourth-order valence-electron chi connectivity index (χ4n) is 4.82. The lowest BCUT2D eigenvalue weighted by atomic mass is 10.0. The van der Waals surface area contributed by atoms with Crippen LogP contribution in [0.15, 0.2) is 77.7 Å². The topological polar surface area (TPSA) is 92.6 Å². The Morgan fingerprint density at radius 1 is 1.00 bits per heavy atom. The molecule has 1 N–H and O–H groups in total. The number of benzene rings is 3. The van der Waals surface area contributed by atoms with Crippen LogP contribution in [0.5, 0.6) is 17.2 Å². The molecular weight excluding hydrogens is 662 g/mol. The Bertz CT molecular complexity index is 1810. The molecular formula is C35H42BrN5O4Si. The molecule has 0 bridgehead atoms. The summed E-state index contributed by atoms with van der Waals surface area (Å²) in [6.45, 7) is 14.3. The molecule has 1 atom stereocenters. The summed E-state index contributed by atoms with van der Waals surface area (Å²) in [5.74, 6) is 2.22. The number of nitrogens with one attached hydrogen (secondary N) is 1. The van der Waals surface area contributed by atoms with Crippen LogP contribution < -0.4 is 19.5 Å². The van der Waals surface area contributed by atoms with Crippen molar-refractivity contribution in [3.05, 3.63) is 83.2 Å². The largest absolute Gasteiger partial charge is 0.497 e. The van der Waals surface area contributed by atoms with Crippen molar-refractivity contribution in [1.29, 1.82) is 0 Å². The van der Waals surface area contributed by atoms with E-state index in [2.05, 4.69) is 88.6 Å². The first kappa shape index (κ1) is 33.4. The van der Waals surface area contributed by atoms with Crippen LogP contribution in [0, 0.1) is 0 Å². The Balaban J connectivity index is 1.42. The highest BCUT2D eigenvalue weighted by Gasteiger charge is 2.37. The average molecular weight is 705 g/mol. The number of fused-ring (bicyclic) bond motifs is 1. The predicted molar refractivity (Wildman–Crippen MR) is 190 cm³/mol. The van der Waals surface area contributed by atoms with E-state index in [0.717, 1.165) is 60.7 Å². The minimum atomic E-state index is -1.90. The molecule has 9 nitrogen and oxygen atoms in total. The lowest BCUT2D eigenvalue weighted by Gasteiger charge is -2.37. The normalized spacial score (nSPS) is 12.6. The Morgan fingerprint density at radius 3 is 2.50 bits per heavy atom. The summed E-state index contributed by atoms with van der Waals surface area (Å²) in [6, 6.07) is 18.0. The summed E-state index contributed by atoms with van der Waals surface area (Å²) in [5.41, 5.74) is 5.47. The number of methoxy groups -OCH3 is 2. The van der Waals surface area contributed by atoms with E-state index < -0.39 is 8.32 Å². The lowest BCUT2D eigenvalue weighted by Crippen LogP contribution is -2.43. The number of ether oxygens (including phenoxy) is 3. The summed E-state index contributed by atoms with van der Waals surface area (Å²) >= 11 is 3.77. The van der Waals surface area contributed by atoms with Crippen molar-refractivity contribution < 1.29 is 18.6 Å². The van der Waals surface area contributed by atoms with Gasteiger partial charge in [0.05, 0.1) is 48.4 Å². The van der Waals surface area contributed by atoms with Gasteiger partial charge in [0.15, 0.2) is 8.32 Å². The Kier molecular flexibility index (Phi) is 10.0. The summed E-state index contributed by atoms with van der Waals surface area (Å²) in [7, 11) is 1.40. The molecule has 0 saturated carbocycles. The monoisotopic (exact) mass is 703 g/mol. The van der Waals surface area contributed by atoms with E-state index in [1.165, 1.54) is 0 Å². The zero-order valence-corrected chi connectivity index (χ0v) is 30.3. The second kappa shape index (κ2) is 13.8. The van der Waals surface area contributed by atoms with E-state index in [1.54, 1.807) is 26.6 Å². The molecule has 242 valence electrons. The van der Waals surface area contributed by atoms with E-state index >= 15 is 0 Å². The highest BCUT2D eigenvalue weighted by molar-refractivity contribution is 9.10. The smallest absolute Gasteiger partial charge is 0.192 e. The van der Waals surface area contributed by atoms with Gasteiger partial charge >= 0.3 is 0 Å². The number of hydrogen-bond acceptors (Lipinski definition) is 8. The van der Waals surface area contributed by atoms with Gasteiger partial charge in [-0.3, -0.25) is 0 Å². The SMILES string of the molecule is COc1ccc(CNc2cnnc3cc(-c4cc(Br)c(OC(C)CO[Si](C)(C)C(C)(C)C)cc4-n4cccn4)ccc23)c(OC)c1. The third-order valence-corrected chi connectivity index (χ3v) is 13.6. The molecule has 0 radical (unpaired) electrons. The predicted octanol–water partition coefficient (Wildman–Crippen LogP) is 8.66. The molecule has 2 heterocycles. The zero-order chi connectivity index (χ0) is 33.1. The first-order chi connectivity index (χ1) is 21.9. The molecule has 11 heteroatoms. The summed E-state index contributed by atoms with van der Waals surface area (Å²) in [6.07, 6.45) is 5.30. The molecule has 46 heavy (non-hydrogen) atoms. The number of hydrogen-bond donors (Lipinski definition) is 1. The van der Waals surface area contributed by atoms with E-state index in [4.69, 9.17) is 18.6 Å². The second-order valence-electron chi connectivity index (χ2n) is 12.8. The molecule has 3 aromatic carbocycles. The van der Waals surface area contributed by atoms with Gasteiger partial charge in [-0.2, -0.15) is 15.3 Å². The maximum Gasteiger partial charge on any atom is 0.192 e. The van der Waals surface area contributed by atoms with Gasteiger partial charge in [0.1, 0.15) is 23.4 Å². The molecule has 0 fully saturated rings. The van der Waals surface area contributed by atoms with Crippen molar-refractivity contribution >= 4 is 40.8 Å². The number of halogens is 1. The molecule has 5 aromatic rings. The van der Waals surface area contributed by atoms with Crippen molar-refractivity contribution in [2.75, 3.05) is 26.1 Å². The lowest BCUT2D eigenvalue weighted by molar-refractivity contribution is 0.133. The van der Waals surface area contributed by atoms with Crippen molar-refractivity contribution in [1.82, 2.24) is 20.0 Å². The molecule has 0 saturated heterocycles. The fourth-order valence-corrected chi connectivity index (χ4v) is 6.34. The van der Waals surface area contributed by atoms with Crippen molar-refractivity contribution in [2.45, 2.75) is 58.5 Å². The van der Waals surface area contributed by atoms with Gasteiger partial charge in [-0.05, 0) is 82.9 Å². The van der Waals surface area contributed by atoms with Crippen molar-refractivity contribution in [2.24, 2.45) is 0 Å². The first-order valence-electron chi connectivity index (χ1n) is 15.2. The highest BCUT2D eigenvalue weighted by atomic mass is 79.9. The van der Waals surface area contributed by atoms with Crippen LogP contribution in [0.1, 0.15) is 33.3 Å². The first-order valence-corrected chi connectivity index (χ1v) is 18.9. The minimum Gasteiger partial charge on any atom is -0.497 e. The summed E-state index contributed by atoms with van der Waals surface area (Å²) in [5, 5.41) is 17.9. The Labute approximate surface area is 280 Å². The fraction of sp³-hybridized carbons (Fsp3) is 0.343. The quantitative estimate of drug-likeness (QED) is 0.129. The van der Waals surface area contributed by atoms with Crippen LogP contribution in [0.25, 0.3) is 27.7 Å². The number of nitrogens with zero attached hydrogens (tertiary/aromatic N) is 4. The maximum absolute atomic E-state index is 6.43. The average Bonchev–Trinajstić information content (AvgIpc) is 3.58. The molecule has 0 aliphatic carbocycles. The van der Waals surface area contributed by atoms with Gasteiger partial charge in [-0.25, -0.2) is 4.68 Å². The maximum atomic E-state index is 6.43. The third-order valence-electron chi connectivity index (χ3n) is 8.53. The molecule has 0 amide bonds. The van der Waals surface area contributed by atoms with Crippen LogP contribution >= 0.6 is 15.9 Å². The molecule has 5 rings (SSSR count). The molecule has 0 aliphatic heterocycles. The molecule has 2 aromatic heterocycles. The van der Waals surface area contributed by atoms with E-state index in [-0.39, 0.29) is 11.1 Å². The molecule has 0 aliphatic rings. The van der Waals surface area contributed by atoms with E-state index in [1.807, 2.05) is 54.2 Å². The van der Waals surface area contributed by atoms with Gasteiger partial charge < -0.3 is 24.0 Å². The third kappa shape index (κ3) is 7.37. The Hall–Kier alpha value is -3.93. The van der Waals surface area contributed by atoms with Gasteiger partial charge in [-0.15, -0.1) is 0 Å². The van der Waals surface area contributed by atoms with Crippen LogP contribution in [0.4, 0.5) is 5.69 Å². The standard InChI is InChI=1S/C35H42BrN5O4Si/c1-23(22-44-46(7,8)35(2,3)4)45-34-19-32(41-15-9-14-39-41)28(18-29(34)36)24-11-13-27-30(16-24)40-38-21-31(27)37-20-25-10-12-26(42-5)17-33(25)43-6/h9-19,21,23H,20,22H2,1-8H3,(H,37,40). The van der Waals surface area contributed by atoms with Crippen LogP contribution in [0.3, 0.4) is 0 Å². The summed E-state index contributed by atoms with van der Waals surface area (Å²) in [4.78, 5) is 0. The van der Waals surface area contributed by atoms with Crippen LogP contribution in [-0.2, 0) is 11.0 Å².